The summed E-state index contributed by atoms with van der Waals surface area (Å²) in [6.07, 6.45) is 0.592. The minimum atomic E-state index is -0.638. The molecule has 32 heavy (non-hydrogen) atoms. The number of anilines is 1. The van der Waals surface area contributed by atoms with Gasteiger partial charge in [-0.25, -0.2) is 0 Å². The molecule has 1 unspecified atom stereocenters. The second-order valence-corrected chi connectivity index (χ2v) is 8.57. The van der Waals surface area contributed by atoms with E-state index in [1.807, 2.05) is 31.2 Å². The van der Waals surface area contributed by atoms with Crippen molar-refractivity contribution < 1.29 is 14.6 Å². The number of nitriles is 1. The summed E-state index contributed by atoms with van der Waals surface area (Å²) in [4.78, 5) is 13.5. The molecule has 0 fully saturated rings. The number of methoxy groups -OCH3 is 1. The van der Waals surface area contributed by atoms with Gasteiger partial charge in [0, 0.05) is 28.7 Å². The van der Waals surface area contributed by atoms with Crippen LogP contribution in [0.2, 0.25) is 5.02 Å². The molecule has 0 bridgehead atoms. The number of allylic oxidation sites excluding steroid dienone is 2. The summed E-state index contributed by atoms with van der Waals surface area (Å²) >= 11 is 7.96. The van der Waals surface area contributed by atoms with E-state index in [2.05, 4.69) is 16.7 Å². The molecule has 0 aromatic heterocycles. The van der Waals surface area contributed by atoms with Crippen molar-refractivity contribution in [3.05, 3.63) is 81.0 Å². The lowest BCUT2D eigenvalue weighted by atomic mass is 9.82. The first-order valence-electron chi connectivity index (χ1n) is 10.1. The van der Waals surface area contributed by atoms with Crippen LogP contribution in [0.25, 0.3) is 0 Å². The summed E-state index contributed by atoms with van der Waals surface area (Å²) in [5.74, 6) is 0.182. The number of hydrogen-bond acceptors (Lipinski definition) is 6. The number of dihydropyridines is 1. The number of amides is 1. The average molecular weight is 470 g/mol. The van der Waals surface area contributed by atoms with Gasteiger partial charge in [0.05, 0.1) is 35.4 Å². The van der Waals surface area contributed by atoms with Crippen LogP contribution >= 0.6 is 23.4 Å². The molecule has 1 aliphatic rings. The molecule has 6 nitrogen and oxygen atoms in total. The van der Waals surface area contributed by atoms with Gasteiger partial charge in [-0.1, -0.05) is 41.9 Å². The molecular weight excluding hydrogens is 446 g/mol. The number of nitrogens with zero attached hydrogens (tertiary/aromatic N) is 1. The van der Waals surface area contributed by atoms with Crippen LogP contribution in [0, 0.1) is 11.3 Å². The fraction of sp³-hybridized carbons (Fsp3) is 0.250. The van der Waals surface area contributed by atoms with Gasteiger partial charge >= 0.3 is 0 Å². The topological polar surface area (TPSA) is 94.4 Å². The van der Waals surface area contributed by atoms with E-state index in [1.54, 1.807) is 24.3 Å². The zero-order valence-electron chi connectivity index (χ0n) is 17.8. The Kier molecular flexibility index (Phi) is 8.23. The second-order valence-electron chi connectivity index (χ2n) is 7.05. The highest BCUT2D eigenvalue weighted by Gasteiger charge is 2.35. The third-order valence-electron chi connectivity index (χ3n) is 5.01. The minimum absolute atomic E-state index is 0.0670. The van der Waals surface area contributed by atoms with E-state index in [1.165, 1.54) is 18.9 Å². The van der Waals surface area contributed by atoms with Crippen LogP contribution in [0.3, 0.4) is 0 Å². The molecule has 0 spiro atoms. The number of carbonyl (C=O) groups is 1. The van der Waals surface area contributed by atoms with E-state index in [0.29, 0.717) is 56.1 Å². The molecule has 2 aromatic rings. The van der Waals surface area contributed by atoms with Gasteiger partial charge in [0.1, 0.15) is 5.75 Å². The Bertz CT molecular complexity index is 1110. The number of aliphatic hydroxyl groups excluding tert-OH is 1. The number of carbonyl (C=O) groups excluding carboxylic acids is 1. The van der Waals surface area contributed by atoms with Crippen molar-refractivity contribution in [3.8, 4) is 11.8 Å². The smallest absolute Gasteiger partial charge is 0.254 e. The largest absolute Gasteiger partial charge is 0.495 e. The molecule has 3 rings (SSSR count). The number of nitrogens with one attached hydrogen (secondary N) is 2. The first-order valence-corrected chi connectivity index (χ1v) is 11.4. The zero-order chi connectivity index (χ0) is 23.1. The van der Waals surface area contributed by atoms with Crippen LogP contribution in [0.5, 0.6) is 5.75 Å². The summed E-state index contributed by atoms with van der Waals surface area (Å²) in [5.41, 5.74) is 2.66. The van der Waals surface area contributed by atoms with Crippen LogP contribution in [-0.4, -0.2) is 30.5 Å². The van der Waals surface area contributed by atoms with Gasteiger partial charge in [0.2, 0.25) is 0 Å². The van der Waals surface area contributed by atoms with Crippen LogP contribution in [0.4, 0.5) is 5.69 Å². The molecule has 1 amide bonds. The predicted molar refractivity (Wildman–Crippen MR) is 128 cm³/mol. The summed E-state index contributed by atoms with van der Waals surface area (Å²) in [5, 5.41) is 26.5. The van der Waals surface area contributed by atoms with Gasteiger partial charge in [-0.05, 0) is 37.1 Å². The molecule has 2 aromatic carbocycles. The van der Waals surface area contributed by atoms with E-state index in [0.717, 1.165) is 0 Å². The van der Waals surface area contributed by atoms with Crippen LogP contribution in [0.15, 0.2) is 70.4 Å². The van der Waals surface area contributed by atoms with E-state index in [-0.39, 0.29) is 12.5 Å². The highest BCUT2D eigenvalue weighted by molar-refractivity contribution is 8.03. The fourth-order valence-electron chi connectivity index (χ4n) is 3.52. The second kappa shape index (κ2) is 11.1. The summed E-state index contributed by atoms with van der Waals surface area (Å²) in [6.45, 7) is 1.87. The Morgan fingerprint density at radius 1 is 1.28 bits per heavy atom. The normalized spacial score (nSPS) is 15.8. The number of rotatable bonds is 8. The number of ether oxygens (including phenoxy) is 1. The lowest BCUT2D eigenvalue weighted by Gasteiger charge is -2.30. The van der Waals surface area contributed by atoms with E-state index in [9.17, 15) is 10.1 Å². The monoisotopic (exact) mass is 469 g/mol. The molecule has 0 saturated heterocycles. The number of aliphatic hydroxyl groups is 1. The lowest BCUT2D eigenvalue weighted by molar-refractivity contribution is -0.113. The highest BCUT2D eigenvalue weighted by Crippen LogP contribution is 2.43. The van der Waals surface area contributed by atoms with Crippen LogP contribution in [-0.2, 0) is 4.79 Å². The van der Waals surface area contributed by atoms with Crippen molar-refractivity contribution >= 4 is 35.0 Å². The Balaban J connectivity index is 2.07. The summed E-state index contributed by atoms with van der Waals surface area (Å²) in [6, 6.07) is 16.6. The Labute approximate surface area is 196 Å². The molecule has 0 radical (unpaired) electrons. The van der Waals surface area contributed by atoms with Crippen molar-refractivity contribution in [2.45, 2.75) is 19.3 Å². The Morgan fingerprint density at radius 2 is 2.00 bits per heavy atom. The van der Waals surface area contributed by atoms with Gasteiger partial charge in [-0.15, -0.1) is 11.8 Å². The molecule has 1 aliphatic heterocycles. The quantitative estimate of drug-likeness (QED) is 0.481. The standard InChI is InChI=1S/C24H24ClN3O3S/c1-15-21(23(30)28-19-10-5-6-11-20(19)31-2)22(16-8-3-4-9-18(16)25)17(14-26)24(27-15)32-13-7-12-29/h3-6,8-11,22,27,29H,7,12-13H2,1-2H3,(H,28,30). The van der Waals surface area contributed by atoms with E-state index in [4.69, 9.17) is 21.4 Å². The fourth-order valence-corrected chi connectivity index (χ4v) is 4.79. The molecule has 0 aliphatic carbocycles. The van der Waals surface area contributed by atoms with Crippen LogP contribution in [0.1, 0.15) is 24.8 Å². The molecule has 1 heterocycles. The summed E-state index contributed by atoms with van der Waals surface area (Å²) < 4.78 is 5.35. The zero-order valence-corrected chi connectivity index (χ0v) is 19.4. The molecule has 8 heteroatoms. The number of para-hydroxylation sites is 2. The molecular formula is C24H24ClN3O3S. The Hall–Kier alpha value is -2.92. The SMILES string of the molecule is COc1ccccc1NC(=O)C1=C(C)NC(SCCCO)=C(C#N)C1c1ccccc1Cl. The highest BCUT2D eigenvalue weighted by atomic mass is 35.5. The van der Waals surface area contributed by atoms with Crippen molar-refractivity contribution in [3.63, 3.8) is 0 Å². The van der Waals surface area contributed by atoms with E-state index < -0.39 is 5.92 Å². The third kappa shape index (κ3) is 5.10. The van der Waals surface area contributed by atoms with Crippen molar-refractivity contribution in [2.24, 2.45) is 0 Å². The van der Waals surface area contributed by atoms with E-state index >= 15 is 0 Å². The minimum Gasteiger partial charge on any atom is -0.495 e. The van der Waals surface area contributed by atoms with Gasteiger partial charge in [0.25, 0.3) is 5.91 Å². The van der Waals surface area contributed by atoms with Gasteiger partial charge in [0.15, 0.2) is 0 Å². The first-order chi connectivity index (χ1) is 15.5. The summed E-state index contributed by atoms with van der Waals surface area (Å²) in [7, 11) is 1.54. The molecule has 1 atom stereocenters. The number of hydrogen-bond donors (Lipinski definition) is 3. The van der Waals surface area contributed by atoms with Crippen molar-refractivity contribution in [2.75, 3.05) is 24.8 Å². The maximum atomic E-state index is 13.5. The number of benzene rings is 2. The van der Waals surface area contributed by atoms with Crippen molar-refractivity contribution in [1.82, 2.24) is 5.32 Å². The lowest BCUT2D eigenvalue weighted by Crippen LogP contribution is -2.31. The molecule has 166 valence electrons. The average Bonchev–Trinajstić information content (AvgIpc) is 2.79. The number of thioether (sulfide) groups is 1. The molecule has 0 saturated carbocycles. The number of halogens is 1. The van der Waals surface area contributed by atoms with Gasteiger partial charge in [-0.2, -0.15) is 5.26 Å². The maximum absolute atomic E-state index is 13.5. The molecule has 3 N–H and O–H groups in total. The maximum Gasteiger partial charge on any atom is 0.254 e. The van der Waals surface area contributed by atoms with Crippen molar-refractivity contribution in [1.29, 1.82) is 5.26 Å². The van der Waals surface area contributed by atoms with Gasteiger partial charge in [-0.3, -0.25) is 4.79 Å². The van der Waals surface area contributed by atoms with Gasteiger partial charge < -0.3 is 20.5 Å². The Morgan fingerprint density at radius 3 is 2.69 bits per heavy atom. The third-order valence-corrected chi connectivity index (χ3v) is 6.46. The first kappa shape index (κ1) is 23.7. The van der Waals surface area contributed by atoms with Crippen LogP contribution < -0.4 is 15.4 Å². The predicted octanol–water partition coefficient (Wildman–Crippen LogP) is 4.80.